The second-order valence-electron chi connectivity index (χ2n) is 7.32. The molecule has 0 aliphatic carbocycles. The number of rotatable bonds is 7. The zero-order valence-corrected chi connectivity index (χ0v) is 16.3. The molecule has 2 N–H and O–H groups in total. The topological polar surface area (TPSA) is 65.7 Å². The van der Waals surface area contributed by atoms with Crippen LogP contribution in [0.4, 0.5) is 0 Å². The number of likely N-dealkylation sites (tertiary alicyclic amines) is 1. The lowest BCUT2D eigenvalue weighted by Gasteiger charge is -2.39. The SMILES string of the molecule is CCNC(=NCC(CC)(CC)CO)N1CCC(C)C(n2ccnc2)C1. The van der Waals surface area contributed by atoms with Gasteiger partial charge in [0, 0.05) is 37.4 Å². The van der Waals surface area contributed by atoms with E-state index < -0.39 is 0 Å². The Morgan fingerprint density at radius 3 is 2.68 bits per heavy atom. The summed E-state index contributed by atoms with van der Waals surface area (Å²) in [6, 6.07) is 0.417. The molecule has 1 saturated heterocycles. The number of aliphatic hydroxyl groups is 1. The van der Waals surface area contributed by atoms with Crippen molar-refractivity contribution in [3.63, 3.8) is 0 Å². The van der Waals surface area contributed by atoms with Crippen molar-refractivity contribution in [2.24, 2.45) is 16.3 Å². The van der Waals surface area contributed by atoms with Crippen molar-refractivity contribution in [3.05, 3.63) is 18.7 Å². The summed E-state index contributed by atoms with van der Waals surface area (Å²) in [4.78, 5) is 11.5. The van der Waals surface area contributed by atoms with Crippen molar-refractivity contribution in [2.75, 3.05) is 32.8 Å². The highest BCUT2D eigenvalue weighted by atomic mass is 16.3. The third-order valence-electron chi connectivity index (χ3n) is 5.86. The van der Waals surface area contributed by atoms with Crippen LogP contribution in [0.25, 0.3) is 0 Å². The van der Waals surface area contributed by atoms with Crippen molar-refractivity contribution < 1.29 is 5.11 Å². The predicted molar refractivity (Wildman–Crippen MR) is 103 cm³/mol. The first-order valence-corrected chi connectivity index (χ1v) is 9.70. The third kappa shape index (κ3) is 4.75. The molecule has 1 aromatic heterocycles. The van der Waals surface area contributed by atoms with Gasteiger partial charge in [-0.05, 0) is 32.1 Å². The number of hydrogen-bond acceptors (Lipinski definition) is 3. The predicted octanol–water partition coefficient (Wildman–Crippen LogP) is 2.53. The molecule has 0 radical (unpaired) electrons. The highest BCUT2D eigenvalue weighted by Gasteiger charge is 2.30. The maximum atomic E-state index is 9.82. The van der Waals surface area contributed by atoms with Gasteiger partial charge in [0.25, 0.3) is 0 Å². The van der Waals surface area contributed by atoms with E-state index in [4.69, 9.17) is 4.99 Å². The molecule has 1 aromatic rings. The summed E-state index contributed by atoms with van der Waals surface area (Å²) in [5, 5.41) is 13.3. The number of hydrogen-bond donors (Lipinski definition) is 2. The van der Waals surface area contributed by atoms with Crippen LogP contribution in [0, 0.1) is 11.3 Å². The van der Waals surface area contributed by atoms with Crippen LogP contribution in [0.1, 0.15) is 53.0 Å². The molecule has 2 heterocycles. The van der Waals surface area contributed by atoms with Crippen LogP contribution in [0.15, 0.2) is 23.7 Å². The molecule has 2 unspecified atom stereocenters. The number of aliphatic imine (C=N–C) groups is 1. The minimum absolute atomic E-state index is 0.104. The van der Waals surface area contributed by atoms with Gasteiger partial charge in [0.15, 0.2) is 5.96 Å². The number of guanidine groups is 1. The van der Waals surface area contributed by atoms with E-state index in [0.717, 1.165) is 44.9 Å². The maximum Gasteiger partial charge on any atom is 0.194 e. The summed E-state index contributed by atoms with van der Waals surface area (Å²) >= 11 is 0. The lowest BCUT2D eigenvalue weighted by Crippen LogP contribution is -2.49. The maximum absolute atomic E-state index is 9.82. The molecule has 2 rings (SSSR count). The molecular formula is C19H35N5O. The standard InChI is InChI=1S/C19H35N5O/c1-5-19(6-2,14-25)13-22-18(21-7-3)23-10-8-16(4)17(12-23)24-11-9-20-15-24/h9,11,15-17,25H,5-8,10,12-14H2,1-4H3,(H,21,22). The number of nitrogens with zero attached hydrogens (tertiary/aromatic N) is 4. The first-order chi connectivity index (χ1) is 12.1. The molecule has 6 nitrogen and oxygen atoms in total. The molecule has 0 aromatic carbocycles. The third-order valence-corrected chi connectivity index (χ3v) is 5.86. The molecule has 1 fully saturated rings. The van der Waals surface area contributed by atoms with Crippen LogP contribution < -0.4 is 5.32 Å². The zero-order valence-electron chi connectivity index (χ0n) is 16.3. The van der Waals surface area contributed by atoms with E-state index >= 15 is 0 Å². The van der Waals surface area contributed by atoms with Gasteiger partial charge in [-0.15, -0.1) is 0 Å². The van der Waals surface area contributed by atoms with E-state index in [1.165, 1.54) is 0 Å². The fraction of sp³-hybridized carbons (Fsp3) is 0.789. The molecule has 142 valence electrons. The summed E-state index contributed by atoms with van der Waals surface area (Å²) < 4.78 is 2.22. The lowest BCUT2D eigenvalue weighted by atomic mass is 9.83. The van der Waals surface area contributed by atoms with E-state index in [0.29, 0.717) is 18.5 Å². The van der Waals surface area contributed by atoms with Crippen LogP contribution in [0.2, 0.25) is 0 Å². The zero-order chi connectivity index (χ0) is 18.3. The second kappa shape index (κ2) is 9.22. The fourth-order valence-electron chi connectivity index (χ4n) is 3.51. The van der Waals surface area contributed by atoms with Gasteiger partial charge in [-0.3, -0.25) is 4.99 Å². The lowest BCUT2D eigenvalue weighted by molar-refractivity contribution is 0.122. The first kappa shape index (κ1) is 19.8. The van der Waals surface area contributed by atoms with Crippen molar-refractivity contribution in [2.45, 2.75) is 53.0 Å². The Labute approximate surface area is 152 Å². The van der Waals surface area contributed by atoms with Crippen LogP contribution in [-0.2, 0) is 0 Å². The van der Waals surface area contributed by atoms with Gasteiger partial charge < -0.3 is 19.9 Å². The number of nitrogens with one attached hydrogen (secondary N) is 1. The summed E-state index contributed by atoms with van der Waals surface area (Å²) in [5.74, 6) is 1.59. The van der Waals surface area contributed by atoms with Gasteiger partial charge in [-0.2, -0.15) is 0 Å². The molecule has 0 saturated carbocycles. The Balaban J connectivity index is 2.14. The summed E-state index contributed by atoms with van der Waals surface area (Å²) in [6.07, 6.45) is 8.84. The van der Waals surface area contributed by atoms with E-state index in [1.54, 1.807) is 0 Å². The first-order valence-electron chi connectivity index (χ1n) is 9.70. The molecule has 0 amide bonds. The highest BCUT2D eigenvalue weighted by Crippen LogP contribution is 2.29. The van der Waals surface area contributed by atoms with E-state index in [1.807, 2.05) is 12.5 Å². The summed E-state index contributed by atoms with van der Waals surface area (Å²) in [7, 11) is 0. The monoisotopic (exact) mass is 349 g/mol. The molecule has 1 aliphatic heterocycles. The largest absolute Gasteiger partial charge is 0.396 e. The Morgan fingerprint density at radius 1 is 1.36 bits per heavy atom. The summed E-state index contributed by atoms with van der Waals surface area (Å²) in [6.45, 7) is 12.4. The minimum atomic E-state index is -0.104. The normalized spacial score (nSPS) is 22.3. The van der Waals surface area contributed by atoms with Crippen LogP contribution >= 0.6 is 0 Å². The molecule has 2 atom stereocenters. The number of aliphatic hydroxyl groups excluding tert-OH is 1. The molecular weight excluding hydrogens is 314 g/mol. The highest BCUT2D eigenvalue weighted by molar-refractivity contribution is 5.80. The fourth-order valence-corrected chi connectivity index (χ4v) is 3.51. The van der Waals surface area contributed by atoms with Gasteiger partial charge in [-0.25, -0.2) is 4.98 Å². The van der Waals surface area contributed by atoms with Gasteiger partial charge in [0.05, 0.1) is 25.5 Å². The molecule has 0 spiro atoms. The van der Waals surface area contributed by atoms with Crippen molar-refractivity contribution in [1.82, 2.24) is 19.8 Å². The van der Waals surface area contributed by atoms with E-state index in [-0.39, 0.29) is 12.0 Å². The average Bonchev–Trinajstić information content (AvgIpc) is 3.17. The second-order valence-corrected chi connectivity index (χ2v) is 7.32. The summed E-state index contributed by atoms with van der Waals surface area (Å²) in [5.41, 5.74) is -0.104. The van der Waals surface area contributed by atoms with Gasteiger partial charge >= 0.3 is 0 Å². The van der Waals surface area contributed by atoms with Crippen molar-refractivity contribution in [3.8, 4) is 0 Å². The number of piperidine rings is 1. The van der Waals surface area contributed by atoms with Crippen LogP contribution in [-0.4, -0.2) is 58.3 Å². The average molecular weight is 350 g/mol. The Hall–Kier alpha value is -1.56. The van der Waals surface area contributed by atoms with E-state index in [2.05, 4.69) is 53.7 Å². The molecule has 25 heavy (non-hydrogen) atoms. The molecule has 6 heteroatoms. The number of imidazole rings is 1. The van der Waals surface area contributed by atoms with Crippen molar-refractivity contribution >= 4 is 5.96 Å². The Morgan fingerprint density at radius 2 is 2.12 bits per heavy atom. The quantitative estimate of drug-likeness (QED) is 0.586. The number of aromatic nitrogens is 2. The minimum Gasteiger partial charge on any atom is -0.396 e. The van der Waals surface area contributed by atoms with Gasteiger partial charge in [0.1, 0.15) is 0 Å². The smallest absolute Gasteiger partial charge is 0.194 e. The van der Waals surface area contributed by atoms with Crippen LogP contribution in [0.5, 0.6) is 0 Å². The molecule has 0 bridgehead atoms. The van der Waals surface area contributed by atoms with E-state index in [9.17, 15) is 5.11 Å². The molecule has 1 aliphatic rings. The van der Waals surface area contributed by atoms with Crippen LogP contribution in [0.3, 0.4) is 0 Å². The Kier molecular flexibility index (Phi) is 7.29. The van der Waals surface area contributed by atoms with Gasteiger partial charge in [-0.1, -0.05) is 20.8 Å². The Bertz CT molecular complexity index is 516. The van der Waals surface area contributed by atoms with Crippen molar-refractivity contribution in [1.29, 1.82) is 0 Å². The van der Waals surface area contributed by atoms with Gasteiger partial charge in [0.2, 0.25) is 0 Å².